The number of H-pyrrole nitrogens is 1. The fourth-order valence-electron chi connectivity index (χ4n) is 2.41. The van der Waals surface area contributed by atoms with Gasteiger partial charge in [-0.2, -0.15) is 0 Å². The molecule has 0 spiro atoms. The van der Waals surface area contributed by atoms with Crippen LogP contribution in [0.25, 0.3) is 11.2 Å². The highest BCUT2D eigenvalue weighted by Crippen LogP contribution is 2.28. The van der Waals surface area contributed by atoms with Crippen LogP contribution >= 0.6 is 0 Å². The Balaban J connectivity index is 1.74. The van der Waals surface area contributed by atoms with Crippen molar-refractivity contribution in [3.63, 3.8) is 0 Å². The van der Waals surface area contributed by atoms with E-state index in [-0.39, 0.29) is 11.7 Å². The van der Waals surface area contributed by atoms with Crippen molar-refractivity contribution in [2.75, 3.05) is 0 Å². The largest absolute Gasteiger partial charge is 0.343 e. The van der Waals surface area contributed by atoms with Crippen LogP contribution in [0.4, 0.5) is 10.1 Å². The van der Waals surface area contributed by atoms with E-state index in [4.69, 9.17) is 0 Å². The number of pyridine rings is 1. The molecule has 25 heavy (non-hydrogen) atoms. The molecule has 2 heterocycles. The van der Waals surface area contributed by atoms with E-state index in [1.54, 1.807) is 18.3 Å². The lowest BCUT2D eigenvalue weighted by molar-refractivity contribution is 0.235. The molecular weight excluding hydrogens is 321 g/mol. The Labute approximate surface area is 142 Å². The molecule has 0 atom stereocenters. The summed E-state index contributed by atoms with van der Waals surface area (Å²) in [6, 6.07) is 6.11. The molecule has 4 rings (SSSR count). The Bertz CT molecular complexity index is 1030. The van der Waals surface area contributed by atoms with Crippen molar-refractivity contribution in [3.8, 4) is 11.8 Å². The van der Waals surface area contributed by atoms with E-state index in [9.17, 15) is 9.60 Å². The SMILES string of the molecule is ONC(=Nc1ccc(F)c(C#CC2CC2)c1)c1ccnc2nc[nH]c12. The van der Waals surface area contributed by atoms with E-state index in [1.807, 2.05) is 0 Å². The number of hydrogen-bond donors (Lipinski definition) is 3. The summed E-state index contributed by atoms with van der Waals surface area (Å²) in [5.74, 6) is 6.10. The van der Waals surface area contributed by atoms with Crippen molar-refractivity contribution in [3.05, 3.63) is 53.7 Å². The summed E-state index contributed by atoms with van der Waals surface area (Å²) in [6.45, 7) is 0. The highest BCUT2D eigenvalue weighted by molar-refractivity contribution is 6.07. The molecule has 0 amide bonds. The number of imidazole rings is 1. The van der Waals surface area contributed by atoms with Gasteiger partial charge >= 0.3 is 0 Å². The third-order valence-electron chi connectivity index (χ3n) is 3.87. The number of aromatic amines is 1. The highest BCUT2D eigenvalue weighted by Gasteiger charge is 2.18. The number of aromatic nitrogens is 3. The van der Waals surface area contributed by atoms with Gasteiger partial charge in [-0.15, -0.1) is 0 Å². The standard InChI is InChI=1S/C18H14FN5O/c19-15-6-5-13(9-12(15)4-3-11-1-2-11)23-17(24-25)14-7-8-20-18-16(14)21-10-22-18/h5-11,25H,1-2H2,(H,23,24)(H,20,21,22). The molecule has 0 aliphatic heterocycles. The molecule has 1 aliphatic rings. The van der Waals surface area contributed by atoms with Gasteiger partial charge in [0, 0.05) is 17.7 Å². The quantitative estimate of drug-likeness (QED) is 0.291. The van der Waals surface area contributed by atoms with Crippen LogP contribution in [0.3, 0.4) is 0 Å². The Morgan fingerprint density at radius 3 is 3.00 bits per heavy atom. The predicted molar refractivity (Wildman–Crippen MR) is 91.0 cm³/mol. The molecule has 0 saturated heterocycles. The third kappa shape index (κ3) is 3.20. The van der Waals surface area contributed by atoms with Crippen molar-refractivity contribution in [2.24, 2.45) is 10.9 Å². The average Bonchev–Trinajstić information content (AvgIpc) is 3.33. The number of nitrogens with one attached hydrogen (secondary N) is 2. The minimum atomic E-state index is -0.384. The molecule has 1 aromatic carbocycles. The maximum absolute atomic E-state index is 13.9. The smallest absolute Gasteiger partial charge is 0.178 e. The van der Waals surface area contributed by atoms with Crippen molar-refractivity contribution in [1.82, 2.24) is 20.4 Å². The minimum Gasteiger partial charge on any atom is -0.343 e. The number of fused-ring (bicyclic) bond motifs is 1. The van der Waals surface area contributed by atoms with Crippen molar-refractivity contribution >= 4 is 22.7 Å². The first-order valence-corrected chi connectivity index (χ1v) is 7.83. The van der Waals surface area contributed by atoms with Crippen LogP contribution in [0.2, 0.25) is 0 Å². The summed E-state index contributed by atoms with van der Waals surface area (Å²) in [5, 5.41) is 9.51. The first-order valence-electron chi connectivity index (χ1n) is 7.83. The number of amidine groups is 1. The second-order valence-electron chi connectivity index (χ2n) is 5.74. The van der Waals surface area contributed by atoms with Gasteiger partial charge in [0.1, 0.15) is 5.82 Å². The van der Waals surface area contributed by atoms with Gasteiger partial charge in [0.05, 0.1) is 23.1 Å². The Morgan fingerprint density at radius 2 is 2.20 bits per heavy atom. The lowest BCUT2D eigenvalue weighted by atomic mass is 10.1. The maximum Gasteiger partial charge on any atom is 0.178 e. The van der Waals surface area contributed by atoms with Crippen molar-refractivity contribution < 1.29 is 9.60 Å². The third-order valence-corrected chi connectivity index (χ3v) is 3.87. The van der Waals surface area contributed by atoms with Crippen LogP contribution in [0.5, 0.6) is 0 Å². The molecule has 7 heteroatoms. The number of halogens is 1. The van der Waals surface area contributed by atoms with E-state index >= 15 is 0 Å². The summed E-state index contributed by atoms with van der Waals surface area (Å²) < 4.78 is 13.9. The van der Waals surface area contributed by atoms with Gasteiger partial charge in [-0.25, -0.2) is 19.4 Å². The predicted octanol–water partition coefficient (Wildman–Crippen LogP) is 2.92. The van der Waals surface area contributed by atoms with Gasteiger partial charge in [0.25, 0.3) is 0 Å². The number of rotatable bonds is 2. The first kappa shape index (κ1) is 15.3. The number of hydroxylamine groups is 1. The van der Waals surface area contributed by atoms with Gasteiger partial charge in [-0.05, 0) is 37.1 Å². The van der Waals surface area contributed by atoms with Gasteiger partial charge in [0.2, 0.25) is 0 Å². The van der Waals surface area contributed by atoms with Crippen LogP contribution in [0.1, 0.15) is 24.0 Å². The Hall–Kier alpha value is -3.24. The van der Waals surface area contributed by atoms with E-state index < -0.39 is 0 Å². The molecule has 3 N–H and O–H groups in total. The molecule has 6 nitrogen and oxygen atoms in total. The van der Waals surface area contributed by atoms with Crippen LogP contribution in [-0.2, 0) is 0 Å². The maximum atomic E-state index is 13.9. The van der Waals surface area contributed by atoms with Crippen LogP contribution in [0, 0.1) is 23.6 Å². The fourth-order valence-corrected chi connectivity index (χ4v) is 2.41. The second kappa shape index (κ2) is 6.34. The Morgan fingerprint density at radius 1 is 1.32 bits per heavy atom. The molecule has 1 fully saturated rings. The number of benzene rings is 1. The molecule has 1 aliphatic carbocycles. The van der Waals surface area contributed by atoms with E-state index in [1.165, 1.54) is 18.5 Å². The number of hydrogen-bond acceptors (Lipinski definition) is 4. The zero-order valence-electron chi connectivity index (χ0n) is 13.1. The lowest BCUT2D eigenvalue weighted by Gasteiger charge is -2.06. The van der Waals surface area contributed by atoms with E-state index in [0.717, 1.165) is 12.8 Å². The molecule has 0 unspecified atom stereocenters. The van der Waals surface area contributed by atoms with Crippen LogP contribution < -0.4 is 5.48 Å². The van der Waals surface area contributed by atoms with Gasteiger partial charge in [-0.3, -0.25) is 10.7 Å². The number of nitrogens with zero attached hydrogens (tertiary/aromatic N) is 3. The summed E-state index contributed by atoms with van der Waals surface area (Å²) in [4.78, 5) is 15.5. The molecule has 1 saturated carbocycles. The van der Waals surface area contributed by atoms with Crippen LogP contribution in [0.15, 0.2) is 41.8 Å². The fraction of sp³-hybridized carbons (Fsp3) is 0.167. The summed E-state index contributed by atoms with van der Waals surface area (Å²) in [5.41, 5.74) is 4.60. The zero-order chi connectivity index (χ0) is 17.2. The topological polar surface area (TPSA) is 86.2 Å². The van der Waals surface area contributed by atoms with E-state index in [0.29, 0.717) is 33.9 Å². The van der Waals surface area contributed by atoms with Gasteiger partial charge in [0.15, 0.2) is 11.5 Å². The molecule has 0 radical (unpaired) electrons. The molecule has 0 bridgehead atoms. The van der Waals surface area contributed by atoms with Crippen LogP contribution in [-0.4, -0.2) is 26.0 Å². The molecule has 3 aromatic rings. The summed E-state index contributed by atoms with van der Waals surface area (Å²) in [7, 11) is 0. The summed E-state index contributed by atoms with van der Waals surface area (Å²) >= 11 is 0. The molecule has 124 valence electrons. The second-order valence-corrected chi connectivity index (χ2v) is 5.74. The minimum absolute atomic E-state index is 0.198. The van der Waals surface area contributed by atoms with Gasteiger partial charge in [-0.1, -0.05) is 11.8 Å². The first-order chi connectivity index (χ1) is 12.2. The van der Waals surface area contributed by atoms with Gasteiger partial charge < -0.3 is 4.98 Å². The van der Waals surface area contributed by atoms with Crippen molar-refractivity contribution in [1.29, 1.82) is 0 Å². The number of aliphatic imine (C=N–C) groups is 1. The highest BCUT2D eigenvalue weighted by atomic mass is 19.1. The molecular formula is C18H14FN5O. The Kier molecular flexibility index (Phi) is 3.88. The zero-order valence-corrected chi connectivity index (χ0v) is 13.1. The molecule has 2 aromatic heterocycles. The monoisotopic (exact) mass is 335 g/mol. The average molecular weight is 335 g/mol. The normalized spacial score (nSPS) is 14.2. The lowest BCUT2D eigenvalue weighted by Crippen LogP contribution is -2.20. The summed E-state index contributed by atoms with van der Waals surface area (Å²) in [6.07, 6.45) is 5.24. The van der Waals surface area contributed by atoms with E-state index in [2.05, 4.69) is 37.3 Å². The van der Waals surface area contributed by atoms with Crippen molar-refractivity contribution in [2.45, 2.75) is 12.8 Å².